The fourth-order valence-electron chi connectivity index (χ4n) is 3.40. The molecule has 1 heterocycles. The lowest BCUT2D eigenvalue weighted by atomic mass is 9.84. The maximum Gasteiger partial charge on any atom is 0.124 e. The summed E-state index contributed by atoms with van der Waals surface area (Å²) in [4.78, 5) is 2.58. The quantitative estimate of drug-likeness (QED) is 0.919. The van der Waals surface area contributed by atoms with Gasteiger partial charge in [0.2, 0.25) is 0 Å². The Morgan fingerprint density at radius 1 is 1.10 bits per heavy atom. The minimum absolute atomic E-state index is 0.0635. The minimum Gasteiger partial charge on any atom is -0.496 e. The molecule has 0 unspecified atom stereocenters. The number of methoxy groups -OCH3 is 1. The second kappa shape index (κ2) is 5.74. The Morgan fingerprint density at radius 3 is 2.25 bits per heavy atom. The summed E-state index contributed by atoms with van der Waals surface area (Å²) >= 11 is 0. The number of ether oxygens (including phenoxy) is 1. The molecule has 0 bridgehead atoms. The molecule has 3 heteroatoms. The van der Waals surface area contributed by atoms with E-state index in [0.717, 1.165) is 31.9 Å². The van der Waals surface area contributed by atoms with Crippen LogP contribution in [0.2, 0.25) is 0 Å². The topological polar surface area (TPSA) is 24.5 Å². The van der Waals surface area contributed by atoms with Gasteiger partial charge in [0.1, 0.15) is 5.75 Å². The molecule has 0 spiro atoms. The number of hydrogen-bond donors (Lipinski definition) is 1. The summed E-state index contributed by atoms with van der Waals surface area (Å²) < 4.78 is 5.55. The van der Waals surface area contributed by atoms with E-state index in [9.17, 15) is 0 Å². The van der Waals surface area contributed by atoms with Crippen LogP contribution in [0.3, 0.4) is 0 Å². The summed E-state index contributed by atoms with van der Waals surface area (Å²) in [6.07, 6.45) is 0. The molecule has 1 aliphatic heterocycles. The molecule has 112 valence electrons. The van der Waals surface area contributed by atoms with Crippen molar-refractivity contribution in [2.45, 2.75) is 40.2 Å². The van der Waals surface area contributed by atoms with E-state index in [0.29, 0.717) is 0 Å². The van der Waals surface area contributed by atoms with Crippen LogP contribution in [0.25, 0.3) is 0 Å². The Balaban J connectivity index is 2.45. The lowest BCUT2D eigenvalue weighted by molar-refractivity contribution is 0.102. The average Bonchev–Trinajstić information content (AvgIpc) is 2.44. The molecule has 1 fully saturated rings. The zero-order valence-electron chi connectivity index (χ0n) is 13.8. The first-order valence-corrected chi connectivity index (χ1v) is 7.50. The van der Waals surface area contributed by atoms with Gasteiger partial charge >= 0.3 is 0 Å². The van der Waals surface area contributed by atoms with E-state index in [1.165, 1.54) is 22.3 Å². The molecule has 0 amide bonds. The van der Waals surface area contributed by atoms with Crippen LogP contribution in [0, 0.1) is 20.8 Å². The van der Waals surface area contributed by atoms with Crippen LogP contribution in [-0.2, 0) is 5.54 Å². The van der Waals surface area contributed by atoms with Crippen molar-refractivity contribution in [3.05, 3.63) is 28.3 Å². The van der Waals surface area contributed by atoms with E-state index in [1.807, 2.05) is 0 Å². The first kappa shape index (κ1) is 15.3. The molecule has 1 aliphatic rings. The van der Waals surface area contributed by atoms with Gasteiger partial charge < -0.3 is 10.1 Å². The van der Waals surface area contributed by atoms with Gasteiger partial charge in [-0.15, -0.1) is 0 Å². The third-order valence-corrected chi connectivity index (χ3v) is 4.80. The van der Waals surface area contributed by atoms with Crippen LogP contribution in [0.5, 0.6) is 5.75 Å². The van der Waals surface area contributed by atoms with E-state index in [-0.39, 0.29) is 5.54 Å². The third-order valence-electron chi connectivity index (χ3n) is 4.80. The van der Waals surface area contributed by atoms with E-state index in [4.69, 9.17) is 4.74 Å². The predicted octanol–water partition coefficient (Wildman–Crippen LogP) is 2.76. The normalized spacial score (nSPS) is 17.3. The van der Waals surface area contributed by atoms with Crippen LogP contribution in [0.15, 0.2) is 6.07 Å². The van der Waals surface area contributed by atoms with Crippen LogP contribution < -0.4 is 10.1 Å². The van der Waals surface area contributed by atoms with Crippen LogP contribution >= 0.6 is 0 Å². The fourth-order valence-corrected chi connectivity index (χ4v) is 3.40. The predicted molar refractivity (Wildman–Crippen MR) is 84.7 cm³/mol. The highest BCUT2D eigenvalue weighted by atomic mass is 16.5. The molecule has 1 N–H and O–H groups in total. The van der Waals surface area contributed by atoms with Crippen molar-refractivity contribution in [1.29, 1.82) is 0 Å². The average molecular weight is 276 g/mol. The van der Waals surface area contributed by atoms with Crippen LogP contribution in [0.4, 0.5) is 0 Å². The molecule has 2 rings (SSSR count). The van der Waals surface area contributed by atoms with Gasteiger partial charge in [-0.1, -0.05) is 6.07 Å². The molecule has 0 saturated carbocycles. The lowest BCUT2D eigenvalue weighted by Gasteiger charge is -2.42. The molecule has 0 aliphatic carbocycles. The first-order chi connectivity index (χ1) is 9.39. The van der Waals surface area contributed by atoms with Gasteiger partial charge in [-0.3, -0.25) is 4.90 Å². The standard InChI is InChI=1S/C17H28N2O/c1-12-11-15(13(2)14(3)16(12)20-6)17(4,5)19-9-7-18-8-10-19/h11,18H,7-10H2,1-6H3. The number of benzene rings is 1. The number of nitrogens with zero attached hydrogens (tertiary/aromatic N) is 1. The van der Waals surface area contributed by atoms with Gasteiger partial charge in [0.15, 0.2) is 0 Å². The molecular formula is C17H28N2O. The van der Waals surface area contributed by atoms with Gasteiger partial charge in [-0.05, 0) is 56.9 Å². The maximum atomic E-state index is 5.55. The molecule has 0 radical (unpaired) electrons. The highest BCUT2D eigenvalue weighted by Crippen LogP contribution is 2.36. The van der Waals surface area contributed by atoms with E-state index < -0.39 is 0 Å². The van der Waals surface area contributed by atoms with Gasteiger partial charge in [0.25, 0.3) is 0 Å². The molecule has 20 heavy (non-hydrogen) atoms. The highest BCUT2D eigenvalue weighted by molar-refractivity contribution is 5.51. The van der Waals surface area contributed by atoms with E-state index >= 15 is 0 Å². The number of nitrogens with one attached hydrogen (secondary N) is 1. The smallest absolute Gasteiger partial charge is 0.124 e. The van der Waals surface area contributed by atoms with E-state index in [1.54, 1.807) is 7.11 Å². The van der Waals surface area contributed by atoms with E-state index in [2.05, 4.69) is 50.9 Å². The SMILES string of the molecule is COc1c(C)cc(C(C)(C)N2CCNCC2)c(C)c1C. The summed E-state index contributed by atoms with van der Waals surface area (Å²) in [7, 11) is 1.76. The fraction of sp³-hybridized carbons (Fsp3) is 0.647. The Kier molecular flexibility index (Phi) is 4.40. The lowest BCUT2D eigenvalue weighted by Crippen LogP contribution is -2.52. The van der Waals surface area contributed by atoms with Crippen molar-refractivity contribution in [3.8, 4) is 5.75 Å². The molecule has 0 aromatic heterocycles. The van der Waals surface area contributed by atoms with Crippen LogP contribution in [-0.4, -0.2) is 38.2 Å². The highest BCUT2D eigenvalue weighted by Gasteiger charge is 2.32. The summed E-state index contributed by atoms with van der Waals surface area (Å²) in [5.74, 6) is 1.03. The Morgan fingerprint density at radius 2 is 1.70 bits per heavy atom. The maximum absolute atomic E-state index is 5.55. The van der Waals surface area contributed by atoms with Crippen molar-refractivity contribution in [3.63, 3.8) is 0 Å². The Hall–Kier alpha value is -1.06. The van der Waals surface area contributed by atoms with Gasteiger partial charge in [-0.25, -0.2) is 0 Å². The van der Waals surface area contributed by atoms with Gasteiger partial charge in [-0.2, -0.15) is 0 Å². The number of hydrogen-bond acceptors (Lipinski definition) is 3. The molecule has 0 atom stereocenters. The Bertz CT molecular complexity index is 488. The first-order valence-electron chi connectivity index (χ1n) is 7.50. The largest absolute Gasteiger partial charge is 0.496 e. The van der Waals surface area contributed by atoms with Gasteiger partial charge in [0.05, 0.1) is 7.11 Å². The summed E-state index contributed by atoms with van der Waals surface area (Å²) in [5.41, 5.74) is 5.35. The summed E-state index contributed by atoms with van der Waals surface area (Å²) in [6.45, 7) is 15.6. The summed E-state index contributed by atoms with van der Waals surface area (Å²) in [6, 6.07) is 2.31. The second-order valence-corrected chi connectivity index (χ2v) is 6.32. The molecule has 1 saturated heterocycles. The zero-order valence-corrected chi connectivity index (χ0v) is 13.8. The molecule has 1 aromatic rings. The zero-order chi connectivity index (χ0) is 14.9. The Labute approximate surface area is 123 Å². The number of aryl methyl sites for hydroxylation is 1. The van der Waals surface area contributed by atoms with Crippen molar-refractivity contribution < 1.29 is 4.74 Å². The van der Waals surface area contributed by atoms with Crippen molar-refractivity contribution in [2.24, 2.45) is 0 Å². The molecular weight excluding hydrogens is 248 g/mol. The van der Waals surface area contributed by atoms with Crippen molar-refractivity contribution in [1.82, 2.24) is 10.2 Å². The molecule has 3 nitrogen and oxygen atoms in total. The van der Waals surface area contributed by atoms with Crippen molar-refractivity contribution >= 4 is 0 Å². The summed E-state index contributed by atoms with van der Waals surface area (Å²) in [5, 5.41) is 3.43. The second-order valence-electron chi connectivity index (χ2n) is 6.32. The monoisotopic (exact) mass is 276 g/mol. The van der Waals surface area contributed by atoms with Crippen LogP contribution in [0.1, 0.15) is 36.1 Å². The number of piperazine rings is 1. The minimum atomic E-state index is 0.0635. The van der Waals surface area contributed by atoms with Crippen molar-refractivity contribution in [2.75, 3.05) is 33.3 Å². The molecule has 1 aromatic carbocycles. The van der Waals surface area contributed by atoms with Gasteiger partial charge in [0, 0.05) is 31.7 Å². The number of rotatable bonds is 3. The third kappa shape index (κ3) is 2.57.